The van der Waals surface area contributed by atoms with Crippen LogP contribution in [0.4, 0.5) is 4.39 Å². The first-order valence-electron chi connectivity index (χ1n) is 6.79. The molecule has 2 aromatic heterocycles. The van der Waals surface area contributed by atoms with Crippen LogP contribution in [0.3, 0.4) is 0 Å². The van der Waals surface area contributed by atoms with Crippen LogP contribution in [0.25, 0.3) is 10.1 Å². The minimum atomic E-state index is -0.324. The van der Waals surface area contributed by atoms with Gasteiger partial charge in [0, 0.05) is 21.5 Å². The molecule has 0 bridgehead atoms. The van der Waals surface area contributed by atoms with Gasteiger partial charge >= 0.3 is 0 Å². The molecule has 0 aliphatic rings. The molecule has 0 aliphatic heterocycles. The molecule has 0 spiro atoms. The number of carbonyl (C=O) groups excluding carboxylic acids is 1. The third-order valence-corrected chi connectivity index (χ3v) is 5.89. The van der Waals surface area contributed by atoms with Crippen LogP contribution < -0.4 is 0 Å². The third-order valence-electron chi connectivity index (χ3n) is 3.38. The summed E-state index contributed by atoms with van der Waals surface area (Å²) in [5.41, 5.74) is 0. The molecule has 1 aromatic carbocycles. The highest BCUT2D eigenvalue weighted by Crippen LogP contribution is 2.36. The van der Waals surface area contributed by atoms with Crippen molar-refractivity contribution in [3.05, 3.63) is 56.3 Å². The van der Waals surface area contributed by atoms with E-state index in [1.165, 1.54) is 23.5 Å². The first kappa shape index (κ1) is 15.5. The Labute approximate surface area is 140 Å². The Bertz CT molecular complexity index is 813. The molecule has 0 aliphatic carbocycles. The van der Waals surface area contributed by atoms with E-state index in [0.717, 1.165) is 10.3 Å². The maximum atomic E-state index is 13.3. The fourth-order valence-corrected chi connectivity index (χ4v) is 4.46. The van der Waals surface area contributed by atoms with Crippen molar-refractivity contribution in [2.75, 3.05) is 6.54 Å². The molecule has 2 heterocycles. The molecule has 0 fully saturated rings. The largest absolute Gasteiger partial charge is 0.333 e. The number of amides is 1. The van der Waals surface area contributed by atoms with E-state index in [1.807, 2.05) is 24.4 Å². The van der Waals surface area contributed by atoms with Crippen molar-refractivity contribution in [3.63, 3.8) is 0 Å². The van der Waals surface area contributed by atoms with Crippen LogP contribution in [0, 0.1) is 5.82 Å². The minimum Gasteiger partial charge on any atom is -0.333 e. The molecular weight excluding hydrogens is 341 g/mol. The van der Waals surface area contributed by atoms with Gasteiger partial charge in [0.25, 0.3) is 5.91 Å². The van der Waals surface area contributed by atoms with Crippen LogP contribution in [0.2, 0.25) is 5.02 Å². The molecular formula is C16H13ClFNOS2. The third kappa shape index (κ3) is 2.89. The van der Waals surface area contributed by atoms with E-state index in [1.54, 1.807) is 22.3 Å². The lowest BCUT2D eigenvalue weighted by Gasteiger charge is -2.19. The first-order chi connectivity index (χ1) is 10.6. The number of fused-ring (bicyclic) bond motifs is 1. The zero-order chi connectivity index (χ0) is 15.7. The number of benzene rings is 1. The van der Waals surface area contributed by atoms with E-state index in [2.05, 4.69) is 0 Å². The van der Waals surface area contributed by atoms with E-state index < -0.39 is 0 Å². The van der Waals surface area contributed by atoms with Gasteiger partial charge in [0.1, 0.15) is 10.7 Å². The number of halogens is 2. The summed E-state index contributed by atoms with van der Waals surface area (Å²) in [6, 6.07) is 8.36. The summed E-state index contributed by atoms with van der Waals surface area (Å²) in [7, 11) is 0. The molecule has 0 radical (unpaired) electrons. The smallest absolute Gasteiger partial charge is 0.265 e. The van der Waals surface area contributed by atoms with E-state index in [9.17, 15) is 9.18 Å². The highest BCUT2D eigenvalue weighted by Gasteiger charge is 2.22. The quantitative estimate of drug-likeness (QED) is 0.613. The highest BCUT2D eigenvalue weighted by molar-refractivity contribution is 7.21. The molecule has 0 N–H and O–H groups in total. The summed E-state index contributed by atoms with van der Waals surface area (Å²) < 4.78 is 14.0. The molecule has 3 rings (SSSR count). The van der Waals surface area contributed by atoms with E-state index in [4.69, 9.17) is 11.6 Å². The number of hydrogen-bond donors (Lipinski definition) is 0. The Morgan fingerprint density at radius 1 is 1.36 bits per heavy atom. The number of nitrogens with zero attached hydrogens (tertiary/aromatic N) is 1. The number of rotatable bonds is 4. The molecule has 0 saturated carbocycles. The van der Waals surface area contributed by atoms with Crippen LogP contribution in [-0.4, -0.2) is 17.4 Å². The summed E-state index contributed by atoms with van der Waals surface area (Å²) in [5, 5.41) is 3.13. The van der Waals surface area contributed by atoms with Gasteiger partial charge in [-0.1, -0.05) is 17.7 Å². The fraction of sp³-hybridized carbons (Fsp3) is 0.188. The summed E-state index contributed by atoms with van der Waals surface area (Å²) in [5.74, 6) is -0.433. The topological polar surface area (TPSA) is 20.3 Å². The second-order valence-corrected chi connectivity index (χ2v) is 7.25. The Morgan fingerprint density at radius 3 is 2.86 bits per heavy atom. The van der Waals surface area contributed by atoms with Crippen molar-refractivity contribution in [2.45, 2.75) is 13.5 Å². The van der Waals surface area contributed by atoms with Crippen molar-refractivity contribution >= 4 is 50.3 Å². The van der Waals surface area contributed by atoms with Crippen LogP contribution >= 0.6 is 34.3 Å². The van der Waals surface area contributed by atoms with Gasteiger partial charge in [-0.2, -0.15) is 0 Å². The van der Waals surface area contributed by atoms with Gasteiger partial charge in [-0.3, -0.25) is 4.79 Å². The Morgan fingerprint density at radius 2 is 2.18 bits per heavy atom. The first-order valence-corrected chi connectivity index (χ1v) is 8.86. The molecule has 22 heavy (non-hydrogen) atoms. The number of thiophene rings is 2. The van der Waals surface area contributed by atoms with Gasteiger partial charge in [-0.15, -0.1) is 22.7 Å². The molecule has 0 saturated heterocycles. The predicted molar refractivity (Wildman–Crippen MR) is 91.5 cm³/mol. The van der Waals surface area contributed by atoms with Gasteiger partial charge < -0.3 is 4.90 Å². The Hall–Kier alpha value is -1.43. The average Bonchev–Trinajstić information content (AvgIpc) is 3.12. The van der Waals surface area contributed by atoms with E-state index >= 15 is 0 Å². The van der Waals surface area contributed by atoms with Crippen molar-refractivity contribution < 1.29 is 9.18 Å². The molecule has 114 valence electrons. The van der Waals surface area contributed by atoms with Crippen LogP contribution in [0.5, 0.6) is 0 Å². The van der Waals surface area contributed by atoms with Crippen molar-refractivity contribution in [1.82, 2.24) is 4.90 Å². The lowest BCUT2D eigenvalue weighted by atomic mass is 10.2. The number of hydrogen-bond acceptors (Lipinski definition) is 3. The second kappa shape index (κ2) is 6.36. The van der Waals surface area contributed by atoms with Gasteiger partial charge in [-0.05, 0) is 36.6 Å². The minimum absolute atomic E-state index is 0.109. The lowest BCUT2D eigenvalue weighted by molar-refractivity contribution is 0.0759. The summed E-state index contributed by atoms with van der Waals surface area (Å²) in [4.78, 5) is 16.1. The average molecular weight is 354 g/mol. The van der Waals surface area contributed by atoms with Crippen LogP contribution in [-0.2, 0) is 6.54 Å². The van der Waals surface area contributed by atoms with Gasteiger partial charge in [0.2, 0.25) is 0 Å². The predicted octanol–water partition coefficient (Wildman–Crippen LogP) is 5.42. The second-order valence-electron chi connectivity index (χ2n) is 4.78. The molecule has 1 amide bonds. The molecule has 6 heteroatoms. The fourth-order valence-electron chi connectivity index (χ4n) is 2.24. The van der Waals surface area contributed by atoms with Crippen molar-refractivity contribution in [3.8, 4) is 0 Å². The molecule has 0 atom stereocenters. The van der Waals surface area contributed by atoms with Gasteiger partial charge in [-0.25, -0.2) is 4.39 Å². The maximum absolute atomic E-state index is 13.3. The Balaban J connectivity index is 1.94. The summed E-state index contributed by atoms with van der Waals surface area (Å²) in [6.07, 6.45) is 0. The maximum Gasteiger partial charge on any atom is 0.265 e. The van der Waals surface area contributed by atoms with Crippen LogP contribution in [0.15, 0.2) is 35.7 Å². The standard InChI is InChI=1S/C16H13ClFNOS2/c1-2-19(9-11-4-3-7-21-11)16(20)15-14(17)12-6-5-10(18)8-13(12)22-15/h3-8H,2,9H2,1H3. The normalized spacial score (nSPS) is 11.0. The Kier molecular flexibility index (Phi) is 4.47. The molecule has 3 aromatic rings. The monoisotopic (exact) mass is 353 g/mol. The van der Waals surface area contributed by atoms with Gasteiger partial charge in [0.05, 0.1) is 11.6 Å². The van der Waals surface area contributed by atoms with Crippen molar-refractivity contribution in [1.29, 1.82) is 0 Å². The lowest BCUT2D eigenvalue weighted by Crippen LogP contribution is -2.29. The summed E-state index contributed by atoms with van der Waals surface area (Å²) in [6.45, 7) is 3.09. The number of carbonyl (C=O) groups is 1. The zero-order valence-electron chi connectivity index (χ0n) is 11.8. The zero-order valence-corrected chi connectivity index (χ0v) is 14.2. The highest BCUT2D eigenvalue weighted by atomic mass is 35.5. The molecule has 2 nitrogen and oxygen atoms in total. The summed E-state index contributed by atoms with van der Waals surface area (Å²) >= 11 is 9.19. The van der Waals surface area contributed by atoms with Crippen LogP contribution in [0.1, 0.15) is 21.5 Å². The van der Waals surface area contributed by atoms with Gasteiger partial charge in [0.15, 0.2) is 0 Å². The van der Waals surface area contributed by atoms with Crippen molar-refractivity contribution in [2.24, 2.45) is 0 Å². The van der Waals surface area contributed by atoms with E-state index in [-0.39, 0.29) is 11.7 Å². The molecule has 0 unspecified atom stereocenters. The van der Waals surface area contributed by atoms with E-state index in [0.29, 0.717) is 27.7 Å². The SMILES string of the molecule is CCN(Cc1cccs1)C(=O)c1sc2cc(F)ccc2c1Cl.